The molecule has 0 saturated heterocycles. The fourth-order valence-corrected chi connectivity index (χ4v) is 1.34. The summed E-state index contributed by atoms with van der Waals surface area (Å²) in [6, 6.07) is 5.82. The van der Waals surface area contributed by atoms with Gasteiger partial charge in [0.2, 0.25) is 0 Å². The Morgan fingerprint density at radius 1 is 1.50 bits per heavy atom. The minimum Gasteiger partial charge on any atom is -0.364 e. The Morgan fingerprint density at radius 3 is 2.79 bits per heavy atom. The van der Waals surface area contributed by atoms with Crippen LogP contribution in [-0.4, -0.2) is 10.5 Å². The molecule has 0 unspecified atom stereocenters. The highest BCUT2D eigenvalue weighted by Crippen LogP contribution is 2.38. The third kappa shape index (κ3) is 1.69. The second kappa shape index (κ2) is 2.98. The van der Waals surface area contributed by atoms with Crippen molar-refractivity contribution < 1.29 is 0 Å². The molecular formula is C11H13N3. The number of hydrogen-bond donors (Lipinski definition) is 1. The first kappa shape index (κ1) is 9.01. The zero-order valence-electron chi connectivity index (χ0n) is 8.46. The van der Waals surface area contributed by atoms with Crippen LogP contribution >= 0.6 is 0 Å². The molecule has 2 rings (SSSR count). The van der Waals surface area contributed by atoms with Crippen LogP contribution in [0.25, 0.3) is 0 Å². The molecule has 1 aromatic rings. The highest BCUT2D eigenvalue weighted by molar-refractivity contribution is 5.54. The van der Waals surface area contributed by atoms with E-state index in [1.54, 1.807) is 0 Å². The third-order valence-corrected chi connectivity index (χ3v) is 2.58. The van der Waals surface area contributed by atoms with Gasteiger partial charge in [-0.1, -0.05) is 0 Å². The molecule has 0 aliphatic heterocycles. The van der Waals surface area contributed by atoms with Gasteiger partial charge in [0.05, 0.1) is 5.56 Å². The van der Waals surface area contributed by atoms with E-state index in [4.69, 9.17) is 5.26 Å². The summed E-state index contributed by atoms with van der Waals surface area (Å²) in [6.45, 7) is 4.08. The summed E-state index contributed by atoms with van der Waals surface area (Å²) in [5, 5.41) is 12.2. The molecule has 1 saturated carbocycles. The van der Waals surface area contributed by atoms with E-state index in [1.807, 2.05) is 19.1 Å². The maximum Gasteiger partial charge on any atom is 0.144 e. The summed E-state index contributed by atoms with van der Waals surface area (Å²) >= 11 is 0. The topological polar surface area (TPSA) is 48.7 Å². The third-order valence-electron chi connectivity index (χ3n) is 2.58. The van der Waals surface area contributed by atoms with E-state index < -0.39 is 0 Å². The molecule has 1 fully saturated rings. The summed E-state index contributed by atoms with van der Waals surface area (Å²) in [4.78, 5) is 4.34. The first-order chi connectivity index (χ1) is 6.63. The van der Waals surface area contributed by atoms with Gasteiger partial charge in [0.25, 0.3) is 0 Å². The van der Waals surface area contributed by atoms with Crippen LogP contribution in [0.4, 0.5) is 5.82 Å². The van der Waals surface area contributed by atoms with E-state index in [1.165, 1.54) is 0 Å². The smallest absolute Gasteiger partial charge is 0.144 e. The van der Waals surface area contributed by atoms with Crippen molar-refractivity contribution in [1.82, 2.24) is 4.98 Å². The molecule has 1 aliphatic carbocycles. The minimum absolute atomic E-state index is 0.173. The fourth-order valence-electron chi connectivity index (χ4n) is 1.34. The summed E-state index contributed by atoms with van der Waals surface area (Å²) in [6.07, 6.45) is 2.32. The highest BCUT2D eigenvalue weighted by Gasteiger charge is 2.37. The Balaban J connectivity index is 2.31. The van der Waals surface area contributed by atoms with Crippen LogP contribution in [0, 0.1) is 18.3 Å². The van der Waals surface area contributed by atoms with Crippen LogP contribution < -0.4 is 5.32 Å². The van der Waals surface area contributed by atoms with Crippen molar-refractivity contribution >= 4 is 5.82 Å². The average Bonchev–Trinajstić information content (AvgIpc) is 2.84. The van der Waals surface area contributed by atoms with Gasteiger partial charge < -0.3 is 5.32 Å². The number of pyridine rings is 1. The van der Waals surface area contributed by atoms with E-state index in [-0.39, 0.29) is 5.54 Å². The van der Waals surface area contributed by atoms with E-state index in [0.717, 1.165) is 24.4 Å². The number of nitrogens with zero attached hydrogens (tertiary/aromatic N) is 2. The van der Waals surface area contributed by atoms with Crippen molar-refractivity contribution in [2.75, 3.05) is 5.32 Å². The van der Waals surface area contributed by atoms with Gasteiger partial charge in [-0.15, -0.1) is 0 Å². The van der Waals surface area contributed by atoms with Crippen molar-refractivity contribution in [3.63, 3.8) is 0 Å². The summed E-state index contributed by atoms with van der Waals surface area (Å²) in [7, 11) is 0. The van der Waals surface area contributed by atoms with E-state index in [2.05, 4.69) is 23.3 Å². The number of aromatic nitrogens is 1. The second-order valence-corrected chi connectivity index (χ2v) is 4.15. The summed E-state index contributed by atoms with van der Waals surface area (Å²) in [5.41, 5.74) is 1.74. The molecule has 3 nitrogen and oxygen atoms in total. The quantitative estimate of drug-likeness (QED) is 0.772. The first-order valence-electron chi connectivity index (χ1n) is 4.79. The largest absolute Gasteiger partial charge is 0.364 e. The molecule has 0 radical (unpaired) electrons. The molecule has 0 spiro atoms. The Kier molecular flexibility index (Phi) is 1.92. The van der Waals surface area contributed by atoms with Gasteiger partial charge in [0.15, 0.2) is 0 Å². The van der Waals surface area contributed by atoms with Crippen LogP contribution in [0.3, 0.4) is 0 Å². The van der Waals surface area contributed by atoms with Crippen molar-refractivity contribution in [2.45, 2.75) is 32.2 Å². The molecule has 72 valence electrons. The summed E-state index contributed by atoms with van der Waals surface area (Å²) < 4.78 is 0. The number of rotatable bonds is 2. The van der Waals surface area contributed by atoms with Crippen molar-refractivity contribution in [3.05, 3.63) is 23.4 Å². The number of anilines is 1. The first-order valence-corrected chi connectivity index (χ1v) is 4.79. The van der Waals surface area contributed by atoms with Crippen LogP contribution in [0.15, 0.2) is 12.1 Å². The van der Waals surface area contributed by atoms with E-state index >= 15 is 0 Å². The molecule has 0 atom stereocenters. The Hall–Kier alpha value is -1.56. The highest BCUT2D eigenvalue weighted by atomic mass is 15.1. The molecule has 0 aromatic carbocycles. The number of nitrogens with one attached hydrogen (secondary N) is 1. The van der Waals surface area contributed by atoms with Crippen LogP contribution in [0.5, 0.6) is 0 Å². The van der Waals surface area contributed by atoms with Gasteiger partial charge in [0.1, 0.15) is 11.9 Å². The van der Waals surface area contributed by atoms with Crippen molar-refractivity contribution in [1.29, 1.82) is 5.26 Å². The Morgan fingerprint density at radius 2 is 2.21 bits per heavy atom. The normalized spacial score (nSPS) is 17.2. The van der Waals surface area contributed by atoms with Gasteiger partial charge in [-0.3, -0.25) is 0 Å². The van der Waals surface area contributed by atoms with E-state index in [0.29, 0.717) is 5.56 Å². The van der Waals surface area contributed by atoms with Crippen LogP contribution in [0.2, 0.25) is 0 Å². The lowest BCUT2D eigenvalue weighted by atomic mass is 10.2. The molecule has 0 bridgehead atoms. The minimum atomic E-state index is 0.173. The predicted molar refractivity (Wildman–Crippen MR) is 55.0 cm³/mol. The molecule has 1 aromatic heterocycles. The van der Waals surface area contributed by atoms with Gasteiger partial charge in [-0.25, -0.2) is 4.98 Å². The van der Waals surface area contributed by atoms with E-state index in [9.17, 15) is 0 Å². The van der Waals surface area contributed by atoms with Gasteiger partial charge >= 0.3 is 0 Å². The summed E-state index contributed by atoms with van der Waals surface area (Å²) in [5.74, 6) is 0.729. The van der Waals surface area contributed by atoms with Gasteiger partial charge in [-0.2, -0.15) is 5.26 Å². The molecule has 14 heavy (non-hydrogen) atoms. The molecule has 1 aliphatic rings. The number of hydrogen-bond acceptors (Lipinski definition) is 3. The van der Waals surface area contributed by atoms with Gasteiger partial charge in [0, 0.05) is 11.2 Å². The SMILES string of the molecule is Cc1ccc(C#N)c(NC2(C)CC2)n1. The molecule has 3 heteroatoms. The maximum atomic E-state index is 8.90. The second-order valence-electron chi connectivity index (χ2n) is 4.15. The lowest BCUT2D eigenvalue weighted by molar-refractivity contribution is 0.818. The van der Waals surface area contributed by atoms with Crippen molar-refractivity contribution in [2.24, 2.45) is 0 Å². The lowest BCUT2D eigenvalue weighted by Crippen LogP contribution is -2.18. The number of aryl methyl sites for hydroxylation is 1. The Labute approximate surface area is 83.8 Å². The van der Waals surface area contributed by atoms with Crippen LogP contribution in [0.1, 0.15) is 31.0 Å². The molecule has 0 amide bonds. The number of nitriles is 1. The zero-order valence-corrected chi connectivity index (χ0v) is 8.46. The predicted octanol–water partition coefficient (Wildman–Crippen LogP) is 2.23. The fraction of sp³-hybridized carbons (Fsp3) is 0.455. The molecule has 1 heterocycles. The monoisotopic (exact) mass is 187 g/mol. The average molecular weight is 187 g/mol. The Bertz CT molecular complexity index is 399. The zero-order chi connectivity index (χ0) is 10.2. The molecular weight excluding hydrogens is 174 g/mol. The lowest BCUT2D eigenvalue weighted by Gasteiger charge is -2.13. The molecule has 1 N–H and O–H groups in total. The standard InChI is InChI=1S/C11H13N3/c1-8-3-4-9(7-12)10(13-8)14-11(2)5-6-11/h3-4H,5-6H2,1-2H3,(H,13,14). The maximum absolute atomic E-state index is 8.90. The van der Waals surface area contributed by atoms with Crippen LogP contribution in [-0.2, 0) is 0 Å². The van der Waals surface area contributed by atoms with Gasteiger partial charge in [-0.05, 0) is 38.8 Å². The van der Waals surface area contributed by atoms with Crippen molar-refractivity contribution in [3.8, 4) is 6.07 Å².